The Balaban J connectivity index is 1.74. The number of nitro groups is 1. The zero-order chi connectivity index (χ0) is 24.9. The van der Waals surface area contributed by atoms with Crippen LogP contribution < -0.4 is 14.4 Å². The molecule has 1 unspecified atom stereocenters. The maximum Gasteiger partial charge on any atom is 0.311 e. The number of Topliss-reactive ketones (excluding diaryl/α,β-unsaturated/α-hetero) is 1. The molecule has 35 heavy (non-hydrogen) atoms. The van der Waals surface area contributed by atoms with E-state index in [0.29, 0.717) is 11.5 Å². The second-order valence-corrected chi connectivity index (χ2v) is 7.72. The lowest BCUT2D eigenvalue weighted by Crippen LogP contribution is -2.29. The van der Waals surface area contributed by atoms with Gasteiger partial charge in [-0.3, -0.25) is 24.6 Å². The van der Waals surface area contributed by atoms with Crippen LogP contribution in [0.2, 0.25) is 0 Å². The molecule has 2 aliphatic heterocycles. The van der Waals surface area contributed by atoms with Gasteiger partial charge in [0.1, 0.15) is 11.6 Å². The van der Waals surface area contributed by atoms with Gasteiger partial charge in [0.25, 0.3) is 11.7 Å². The van der Waals surface area contributed by atoms with Crippen LogP contribution in [0.25, 0.3) is 5.76 Å². The number of aliphatic hydroxyl groups excluding tert-OH is 1. The number of amides is 1. The highest BCUT2D eigenvalue weighted by molar-refractivity contribution is 6.51. The van der Waals surface area contributed by atoms with Gasteiger partial charge in [-0.25, -0.2) is 4.39 Å². The van der Waals surface area contributed by atoms with Crippen molar-refractivity contribution in [2.45, 2.75) is 6.04 Å². The van der Waals surface area contributed by atoms with Crippen LogP contribution in [0.5, 0.6) is 17.2 Å². The molecule has 1 saturated heterocycles. The molecule has 0 aromatic heterocycles. The van der Waals surface area contributed by atoms with Crippen molar-refractivity contribution in [3.63, 3.8) is 0 Å². The molecule has 176 valence electrons. The molecule has 10 nitrogen and oxygen atoms in total. The Morgan fingerprint density at radius 2 is 1.83 bits per heavy atom. The molecular weight excluding hydrogens is 463 g/mol. The van der Waals surface area contributed by atoms with E-state index in [1.165, 1.54) is 36.4 Å². The van der Waals surface area contributed by atoms with Crippen LogP contribution in [0.4, 0.5) is 15.8 Å². The first-order chi connectivity index (χ1) is 16.8. The summed E-state index contributed by atoms with van der Waals surface area (Å²) in [4.78, 5) is 37.8. The van der Waals surface area contributed by atoms with Crippen LogP contribution >= 0.6 is 0 Å². The number of ether oxygens (including phenoxy) is 2. The third-order valence-corrected chi connectivity index (χ3v) is 5.69. The number of halogens is 1. The van der Waals surface area contributed by atoms with Gasteiger partial charge < -0.3 is 19.7 Å². The lowest BCUT2D eigenvalue weighted by Gasteiger charge is -2.25. The molecule has 0 aliphatic carbocycles. The van der Waals surface area contributed by atoms with Crippen LogP contribution in [0, 0.1) is 15.9 Å². The van der Waals surface area contributed by atoms with Gasteiger partial charge in [0.05, 0.1) is 16.5 Å². The van der Waals surface area contributed by atoms with Crippen molar-refractivity contribution in [2.75, 3.05) is 11.7 Å². The molecule has 0 radical (unpaired) electrons. The highest BCUT2D eigenvalue weighted by Gasteiger charge is 2.47. The fourth-order valence-electron chi connectivity index (χ4n) is 4.10. The van der Waals surface area contributed by atoms with Crippen molar-refractivity contribution in [1.82, 2.24) is 0 Å². The number of anilines is 1. The Hall–Kier alpha value is -4.93. The van der Waals surface area contributed by atoms with E-state index >= 15 is 0 Å². The summed E-state index contributed by atoms with van der Waals surface area (Å²) in [7, 11) is 0. The van der Waals surface area contributed by atoms with Crippen LogP contribution in [0.1, 0.15) is 17.2 Å². The second kappa shape index (κ2) is 8.13. The molecular formula is C24H15FN2O8. The number of rotatable bonds is 4. The monoisotopic (exact) mass is 478 g/mol. The number of aromatic hydroxyl groups is 1. The number of phenols is 1. The summed E-state index contributed by atoms with van der Waals surface area (Å²) in [5.74, 6) is -3.30. The average molecular weight is 478 g/mol. The van der Waals surface area contributed by atoms with Crippen LogP contribution in [0.3, 0.4) is 0 Å². The number of carbonyl (C=O) groups excluding carboxylic acids is 2. The first-order valence-corrected chi connectivity index (χ1v) is 10.2. The summed E-state index contributed by atoms with van der Waals surface area (Å²) in [5.41, 5.74) is -0.879. The van der Waals surface area contributed by atoms with E-state index in [-0.39, 0.29) is 29.2 Å². The van der Waals surface area contributed by atoms with Gasteiger partial charge in [-0.1, -0.05) is 12.1 Å². The SMILES string of the molecule is O=C1C(=O)N(c2cccc(F)c2)C(c2ccc(O)c([N+](=O)[O-])c2)/C1=C(\O)c1ccc2c(c1)OCO2. The van der Waals surface area contributed by atoms with Gasteiger partial charge in [0.15, 0.2) is 17.2 Å². The maximum atomic E-state index is 14.0. The molecule has 3 aromatic rings. The fraction of sp³-hybridized carbons (Fsp3) is 0.0833. The minimum atomic E-state index is -1.36. The number of benzene rings is 3. The molecule has 0 bridgehead atoms. The van der Waals surface area contributed by atoms with E-state index < -0.39 is 45.7 Å². The Bertz CT molecular complexity index is 1450. The molecule has 2 heterocycles. The van der Waals surface area contributed by atoms with E-state index in [1.807, 2.05) is 0 Å². The number of hydrogen-bond acceptors (Lipinski definition) is 8. The summed E-state index contributed by atoms with van der Waals surface area (Å²) < 4.78 is 24.6. The van der Waals surface area contributed by atoms with Crippen LogP contribution in [-0.2, 0) is 9.59 Å². The van der Waals surface area contributed by atoms with Gasteiger partial charge in [0.2, 0.25) is 6.79 Å². The quantitative estimate of drug-likeness (QED) is 0.190. The Morgan fingerprint density at radius 1 is 1.06 bits per heavy atom. The highest BCUT2D eigenvalue weighted by Crippen LogP contribution is 2.45. The Labute approximate surface area is 196 Å². The number of hydrogen-bond donors (Lipinski definition) is 2. The van der Waals surface area contributed by atoms with Gasteiger partial charge in [-0.05, 0) is 48.0 Å². The van der Waals surface area contributed by atoms with E-state index in [1.54, 1.807) is 0 Å². The second-order valence-electron chi connectivity index (χ2n) is 7.72. The number of phenolic OH excluding ortho intramolecular Hbond substituents is 1. The minimum Gasteiger partial charge on any atom is -0.507 e. The third-order valence-electron chi connectivity index (χ3n) is 5.69. The molecule has 3 aromatic carbocycles. The molecule has 11 heteroatoms. The summed E-state index contributed by atoms with van der Waals surface area (Å²) in [6.45, 7) is -0.0271. The number of fused-ring (bicyclic) bond motifs is 1. The smallest absolute Gasteiger partial charge is 0.311 e. The number of aliphatic hydroxyl groups is 1. The topological polar surface area (TPSA) is 139 Å². The van der Waals surface area contributed by atoms with Gasteiger partial charge in [-0.2, -0.15) is 0 Å². The summed E-state index contributed by atoms with van der Waals surface area (Å²) in [6.07, 6.45) is 0. The van der Waals surface area contributed by atoms with E-state index in [2.05, 4.69) is 0 Å². The molecule has 0 spiro atoms. The van der Waals surface area contributed by atoms with Crippen LogP contribution in [0.15, 0.2) is 66.2 Å². The van der Waals surface area contributed by atoms with Crippen molar-refractivity contribution in [3.8, 4) is 17.2 Å². The first-order valence-electron chi connectivity index (χ1n) is 10.2. The predicted octanol–water partition coefficient (Wildman–Crippen LogP) is 3.79. The zero-order valence-electron chi connectivity index (χ0n) is 17.7. The van der Waals surface area contributed by atoms with Crippen molar-refractivity contribution in [3.05, 3.63) is 93.3 Å². The Kier molecular flexibility index (Phi) is 5.09. The summed E-state index contributed by atoms with van der Waals surface area (Å²) >= 11 is 0. The number of carbonyl (C=O) groups is 2. The molecule has 0 saturated carbocycles. The maximum absolute atomic E-state index is 14.0. The van der Waals surface area contributed by atoms with Gasteiger partial charge >= 0.3 is 5.69 Å². The zero-order valence-corrected chi connectivity index (χ0v) is 17.7. The molecule has 2 N–H and O–H groups in total. The summed E-state index contributed by atoms with van der Waals surface area (Å²) in [6, 6.07) is 11.2. The largest absolute Gasteiger partial charge is 0.507 e. The number of ketones is 1. The predicted molar refractivity (Wildman–Crippen MR) is 119 cm³/mol. The minimum absolute atomic E-state index is 0.00225. The van der Waals surface area contributed by atoms with E-state index in [9.17, 15) is 34.3 Å². The van der Waals surface area contributed by atoms with Crippen molar-refractivity contribution in [2.24, 2.45) is 0 Å². The number of nitrogens with zero attached hydrogens (tertiary/aromatic N) is 2. The third kappa shape index (κ3) is 3.59. The van der Waals surface area contributed by atoms with Crippen molar-refractivity contribution < 1.29 is 38.6 Å². The lowest BCUT2D eigenvalue weighted by atomic mass is 9.94. The highest BCUT2D eigenvalue weighted by atomic mass is 19.1. The van der Waals surface area contributed by atoms with Crippen molar-refractivity contribution >= 4 is 28.8 Å². The van der Waals surface area contributed by atoms with Gasteiger partial charge in [0, 0.05) is 17.3 Å². The van der Waals surface area contributed by atoms with Gasteiger partial charge in [-0.15, -0.1) is 0 Å². The molecule has 5 rings (SSSR count). The Morgan fingerprint density at radius 3 is 2.57 bits per heavy atom. The summed E-state index contributed by atoms with van der Waals surface area (Å²) in [5, 5.41) is 32.5. The average Bonchev–Trinajstić information content (AvgIpc) is 3.41. The van der Waals surface area contributed by atoms with Crippen LogP contribution in [-0.4, -0.2) is 33.6 Å². The van der Waals surface area contributed by atoms with E-state index in [4.69, 9.17) is 9.47 Å². The number of nitro benzene ring substituents is 1. The first kappa shape index (κ1) is 21.9. The van der Waals surface area contributed by atoms with Crippen molar-refractivity contribution in [1.29, 1.82) is 0 Å². The fourth-order valence-corrected chi connectivity index (χ4v) is 4.10. The standard InChI is InChI=1S/C24H15FN2O8/c25-14-2-1-3-15(10-14)26-21(12-4-6-17(28)16(8-12)27(32)33)20(23(30)24(26)31)22(29)13-5-7-18-19(9-13)35-11-34-18/h1-10,21,28-29H,11H2/b22-20+. The normalized spacial score (nSPS) is 18.2. The molecule has 1 amide bonds. The molecule has 1 fully saturated rings. The van der Waals surface area contributed by atoms with E-state index in [0.717, 1.165) is 29.2 Å². The molecule has 2 aliphatic rings. The molecule has 1 atom stereocenters. The lowest BCUT2D eigenvalue weighted by molar-refractivity contribution is -0.385.